The first-order valence-electron chi connectivity index (χ1n) is 7.92. The molecule has 4 rings (SSSR count). The van der Waals surface area contributed by atoms with Crippen molar-refractivity contribution >= 4 is 22.7 Å². The van der Waals surface area contributed by atoms with E-state index in [2.05, 4.69) is 31.2 Å². The van der Waals surface area contributed by atoms with E-state index in [1.165, 1.54) is 11.1 Å². The minimum absolute atomic E-state index is 0.102. The van der Waals surface area contributed by atoms with Gasteiger partial charge in [0.1, 0.15) is 0 Å². The molecule has 1 heterocycles. The third kappa shape index (κ3) is 2.91. The summed E-state index contributed by atoms with van der Waals surface area (Å²) in [5.41, 5.74) is 3.42. The molecule has 0 N–H and O–H groups in total. The summed E-state index contributed by atoms with van der Waals surface area (Å²) in [5, 5.41) is 1.57. The van der Waals surface area contributed by atoms with Crippen LogP contribution in [0.3, 0.4) is 0 Å². The van der Waals surface area contributed by atoms with Crippen LogP contribution in [0.1, 0.15) is 30.0 Å². The molecule has 3 nitrogen and oxygen atoms in total. The second-order valence-corrected chi connectivity index (χ2v) is 7.04. The predicted molar refractivity (Wildman–Crippen MR) is 95.0 cm³/mol. The van der Waals surface area contributed by atoms with E-state index < -0.39 is 0 Å². The minimum Gasteiger partial charge on any atom is -0.284 e. The summed E-state index contributed by atoms with van der Waals surface area (Å²) in [5.74, 6) is 0.833. The molecule has 0 radical (unpaired) electrons. The molecular weight excluding hydrogens is 304 g/mol. The van der Waals surface area contributed by atoms with Gasteiger partial charge in [-0.2, -0.15) is 0 Å². The van der Waals surface area contributed by atoms with Crippen LogP contribution in [0.4, 0.5) is 0 Å². The lowest BCUT2D eigenvalue weighted by Crippen LogP contribution is -2.22. The Bertz CT molecular complexity index is 928. The zero-order valence-corrected chi connectivity index (χ0v) is 13.8. The van der Waals surface area contributed by atoms with Crippen molar-refractivity contribution in [3.8, 4) is 0 Å². The van der Waals surface area contributed by atoms with Crippen molar-refractivity contribution in [3.05, 3.63) is 70.0 Å². The number of fused-ring (bicyclic) bond motifs is 1. The summed E-state index contributed by atoms with van der Waals surface area (Å²) < 4.78 is 1.91. The predicted octanol–water partition coefficient (Wildman–Crippen LogP) is 4.33. The molecule has 1 aromatic heterocycles. The molecule has 2 aromatic carbocycles. The van der Waals surface area contributed by atoms with E-state index in [1.54, 1.807) is 11.8 Å². The van der Waals surface area contributed by atoms with Gasteiger partial charge in [-0.3, -0.25) is 9.36 Å². The van der Waals surface area contributed by atoms with Gasteiger partial charge in [0.2, 0.25) is 0 Å². The molecule has 4 heteroatoms. The molecule has 1 fully saturated rings. The number of aryl methyl sites for hydroxylation is 1. The number of benzene rings is 2. The van der Waals surface area contributed by atoms with E-state index in [9.17, 15) is 4.79 Å². The topological polar surface area (TPSA) is 34.9 Å². The Kier molecular flexibility index (Phi) is 3.69. The molecule has 0 spiro atoms. The summed E-state index contributed by atoms with van der Waals surface area (Å²) in [7, 11) is 0. The number of para-hydroxylation sites is 1. The first-order valence-corrected chi connectivity index (χ1v) is 8.90. The van der Waals surface area contributed by atoms with Crippen molar-refractivity contribution in [1.82, 2.24) is 9.55 Å². The maximum absolute atomic E-state index is 12.8. The van der Waals surface area contributed by atoms with Gasteiger partial charge in [-0.25, -0.2) is 4.98 Å². The minimum atomic E-state index is 0.102. The monoisotopic (exact) mass is 322 g/mol. The van der Waals surface area contributed by atoms with E-state index >= 15 is 0 Å². The first-order chi connectivity index (χ1) is 11.2. The zero-order chi connectivity index (χ0) is 15.8. The molecule has 1 aliphatic carbocycles. The summed E-state index contributed by atoms with van der Waals surface area (Å²) in [4.78, 5) is 17.6. The molecule has 116 valence electrons. The van der Waals surface area contributed by atoms with Gasteiger partial charge in [-0.1, -0.05) is 53.7 Å². The zero-order valence-electron chi connectivity index (χ0n) is 13.0. The first kappa shape index (κ1) is 14.5. The van der Waals surface area contributed by atoms with Crippen molar-refractivity contribution in [2.24, 2.45) is 0 Å². The molecular formula is C19H18N2OS. The maximum atomic E-state index is 12.8. The normalized spacial score (nSPS) is 14.3. The summed E-state index contributed by atoms with van der Waals surface area (Å²) >= 11 is 1.66. The van der Waals surface area contributed by atoms with Crippen LogP contribution in [0.2, 0.25) is 0 Å². The average Bonchev–Trinajstić information content (AvgIpc) is 3.38. The van der Waals surface area contributed by atoms with Crippen molar-refractivity contribution in [2.45, 2.75) is 36.7 Å². The highest BCUT2D eigenvalue weighted by Gasteiger charge is 2.28. The molecule has 1 aliphatic rings. The SMILES string of the molecule is Cc1cccc(CSc2nc3ccccc3c(=O)n2C2CC2)c1. The maximum Gasteiger partial charge on any atom is 0.262 e. The highest BCUT2D eigenvalue weighted by Crippen LogP contribution is 2.37. The van der Waals surface area contributed by atoms with E-state index in [0.29, 0.717) is 6.04 Å². The molecule has 23 heavy (non-hydrogen) atoms. The van der Waals surface area contributed by atoms with E-state index in [0.717, 1.165) is 34.7 Å². The molecule has 0 unspecified atom stereocenters. The van der Waals surface area contributed by atoms with E-state index in [4.69, 9.17) is 4.98 Å². The highest BCUT2D eigenvalue weighted by atomic mass is 32.2. The van der Waals surface area contributed by atoms with Crippen LogP contribution in [0.5, 0.6) is 0 Å². The van der Waals surface area contributed by atoms with E-state index in [1.807, 2.05) is 28.8 Å². The third-order valence-electron chi connectivity index (χ3n) is 4.14. The van der Waals surface area contributed by atoms with Gasteiger partial charge >= 0.3 is 0 Å². The average molecular weight is 322 g/mol. The van der Waals surface area contributed by atoms with E-state index in [-0.39, 0.29) is 5.56 Å². The largest absolute Gasteiger partial charge is 0.284 e. The van der Waals surface area contributed by atoms with Crippen LogP contribution in [-0.2, 0) is 5.75 Å². The number of thioether (sulfide) groups is 1. The van der Waals surface area contributed by atoms with Gasteiger partial charge in [0.15, 0.2) is 5.16 Å². The van der Waals surface area contributed by atoms with Gasteiger partial charge < -0.3 is 0 Å². The van der Waals surface area contributed by atoms with Crippen LogP contribution in [0.25, 0.3) is 10.9 Å². The van der Waals surface area contributed by atoms with Crippen molar-refractivity contribution in [3.63, 3.8) is 0 Å². The summed E-state index contributed by atoms with van der Waals surface area (Å²) in [6, 6.07) is 16.5. The lowest BCUT2D eigenvalue weighted by molar-refractivity contribution is 0.618. The Labute approximate surface area is 139 Å². The fourth-order valence-corrected chi connectivity index (χ4v) is 3.84. The molecule has 1 saturated carbocycles. The smallest absolute Gasteiger partial charge is 0.262 e. The quantitative estimate of drug-likeness (QED) is 0.529. The highest BCUT2D eigenvalue weighted by molar-refractivity contribution is 7.98. The molecule has 0 saturated heterocycles. The van der Waals surface area contributed by atoms with Crippen LogP contribution < -0.4 is 5.56 Å². The van der Waals surface area contributed by atoms with Gasteiger partial charge in [-0.15, -0.1) is 0 Å². The number of hydrogen-bond donors (Lipinski definition) is 0. The van der Waals surface area contributed by atoms with Crippen molar-refractivity contribution < 1.29 is 0 Å². The Morgan fingerprint density at radius 3 is 2.78 bits per heavy atom. The lowest BCUT2D eigenvalue weighted by Gasteiger charge is -2.12. The molecule has 3 aromatic rings. The van der Waals surface area contributed by atoms with Crippen LogP contribution in [0.15, 0.2) is 58.5 Å². The summed E-state index contributed by atoms with van der Waals surface area (Å²) in [6.07, 6.45) is 2.16. The van der Waals surface area contributed by atoms with Crippen molar-refractivity contribution in [1.29, 1.82) is 0 Å². The molecule has 0 bridgehead atoms. The Hall–Kier alpha value is -2.07. The van der Waals surface area contributed by atoms with Crippen LogP contribution >= 0.6 is 11.8 Å². The Morgan fingerprint density at radius 2 is 2.00 bits per heavy atom. The van der Waals surface area contributed by atoms with Crippen LogP contribution in [-0.4, -0.2) is 9.55 Å². The van der Waals surface area contributed by atoms with Gasteiger partial charge in [0, 0.05) is 11.8 Å². The number of aromatic nitrogens is 2. The van der Waals surface area contributed by atoms with Gasteiger partial charge in [-0.05, 0) is 37.5 Å². The third-order valence-corrected chi connectivity index (χ3v) is 5.16. The standard InChI is InChI=1S/C19H18N2OS/c1-13-5-4-6-14(11-13)12-23-19-20-17-8-3-2-7-16(17)18(22)21(19)15-9-10-15/h2-8,11,15H,9-10,12H2,1H3. The fraction of sp³-hybridized carbons (Fsp3) is 0.263. The molecule has 0 atom stereocenters. The Morgan fingerprint density at radius 1 is 1.17 bits per heavy atom. The lowest BCUT2D eigenvalue weighted by atomic mass is 10.2. The second-order valence-electron chi connectivity index (χ2n) is 6.10. The molecule has 0 aliphatic heterocycles. The number of hydrogen-bond acceptors (Lipinski definition) is 3. The number of nitrogens with zero attached hydrogens (tertiary/aromatic N) is 2. The second kappa shape index (κ2) is 5.85. The molecule has 0 amide bonds. The Balaban J connectivity index is 1.73. The van der Waals surface area contributed by atoms with Gasteiger partial charge in [0.25, 0.3) is 5.56 Å². The fourth-order valence-electron chi connectivity index (χ4n) is 2.83. The van der Waals surface area contributed by atoms with Gasteiger partial charge in [0.05, 0.1) is 10.9 Å². The number of rotatable bonds is 4. The van der Waals surface area contributed by atoms with Crippen molar-refractivity contribution in [2.75, 3.05) is 0 Å². The summed E-state index contributed by atoms with van der Waals surface area (Å²) in [6.45, 7) is 2.10. The van der Waals surface area contributed by atoms with Crippen LogP contribution in [0, 0.1) is 6.92 Å².